The van der Waals surface area contributed by atoms with Crippen molar-refractivity contribution in [3.8, 4) is 0 Å². The standard InChI is InChI=1S/C19H30N4O2/c1-5-23(4)16-11-7-6-10-15(16)21-18(25)20-14-19(12-8-9-13-19)17(24)22(2)3/h6-7,10-11H,5,8-9,12-14H2,1-4H3,(H2,20,21,25). The molecule has 0 unspecified atom stereocenters. The fourth-order valence-electron chi connectivity index (χ4n) is 3.49. The number of rotatable bonds is 6. The fraction of sp³-hybridized carbons (Fsp3) is 0.579. The first kappa shape index (κ1) is 19.1. The number of amides is 3. The van der Waals surface area contributed by atoms with Crippen LogP contribution < -0.4 is 15.5 Å². The van der Waals surface area contributed by atoms with Gasteiger partial charge in [0.15, 0.2) is 0 Å². The van der Waals surface area contributed by atoms with Crippen molar-refractivity contribution in [3.63, 3.8) is 0 Å². The Morgan fingerprint density at radius 3 is 2.36 bits per heavy atom. The van der Waals surface area contributed by atoms with E-state index in [0.717, 1.165) is 43.6 Å². The summed E-state index contributed by atoms with van der Waals surface area (Å²) in [5, 5.41) is 5.84. The number of carbonyl (C=O) groups excluding carboxylic acids is 2. The van der Waals surface area contributed by atoms with Gasteiger partial charge in [0.25, 0.3) is 0 Å². The topological polar surface area (TPSA) is 64.7 Å². The zero-order chi connectivity index (χ0) is 18.4. The summed E-state index contributed by atoms with van der Waals surface area (Å²) in [6, 6.07) is 7.45. The smallest absolute Gasteiger partial charge is 0.319 e. The van der Waals surface area contributed by atoms with Crippen LogP contribution >= 0.6 is 0 Å². The average molecular weight is 346 g/mol. The van der Waals surface area contributed by atoms with Crippen LogP contribution in [-0.2, 0) is 4.79 Å². The zero-order valence-electron chi connectivity index (χ0n) is 15.8. The second-order valence-electron chi connectivity index (χ2n) is 7.03. The maximum absolute atomic E-state index is 12.6. The lowest BCUT2D eigenvalue weighted by Gasteiger charge is -2.31. The molecule has 0 spiro atoms. The minimum absolute atomic E-state index is 0.108. The van der Waals surface area contributed by atoms with Gasteiger partial charge in [-0.2, -0.15) is 0 Å². The zero-order valence-corrected chi connectivity index (χ0v) is 15.8. The molecule has 2 rings (SSSR count). The van der Waals surface area contributed by atoms with Gasteiger partial charge in [0.05, 0.1) is 16.8 Å². The number of benzene rings is 1. The minimum Gasteiger partial charge on any atom is -0.373 e. The maximum Gasteiger partial charge on any atom is 0.319 e. The second-order valence-corrected chi connectivity index (χ2v) is 7.03. The molecule has 3 amide bonds. The highest BCUT2D eigenvalue weighted by Gasteiger charge is 2.42. The Bertz CT molecular complexity index is 609. The monoisotopic (exact) mass is 346 g/mol. The normalized spacial score (nSPS) is 15.5. The van der Waals surface area contributed by atoms with E-state index in [1.807, 2.05) is 31.3 Å². The van der Waals surface area contributed by atoms with Crippen LogP contribution in [0, 0.1) is 5.41 Å². The predicted molar refractivity (Wildman–Crippen MR) is 102 cm³/mol. The van der Waals surface area contributed by atoms with Crippen LogP contribution in [0.25, 0.3) is 0 Å². The SMILES string of the molecule is CCN(C)c1ccccc1NC(=O)NCC1(C(=O)N(C)C)CCCC1. The van der Waals surface area contributed by atoms with E-state index in [1.165, 1.54) is 0 Å². The van der Waals surface area contributed by atoms with Gasteiger partial charge in [-0.05, 0) is 31.9 Å². The van der Waals surface area contributed by atoms with Gasteiger partial charge in [-0.3, -0.25) is 4.79 Å². The Labute approximate surface area is 150 Å². The third kappa shape index (κ3) is 4.44. The van der Waals surface area contributed by atoms with Crippen LogP contribution in [0.4, 0.5) is 16.2 Å². The summed E-state index contributed by atoms with van der Waals surface area (Å²) in [6.07, 6.45) is 3.74. The highest BCUT2D eigenvalue weighted by atomic mass is 16.2. The molecule has 6 heteroatoms. The van der Waals surface area contributed by atoms with Gasteiger partial charge in [-0.15, -0.1) is 0 Å². The number of nitrogens with one attached hydrogen (secondary N) is 2. The van der Waals surface area contributed by atoms with E-state index in [1.54, 1.807) is 19.0 Å². The summed E-state index contributed by atoms with van der Waals surface area (Å²) in [6.45, 7) is 3.29. The molecule has 0 bridgehead atoms. The lowest BCUT2D eigenvalue weighted by molar-refractivity contribution is -0.138. The number of para-hydroxylation sites is 2. The van der Waals surface area contributed by atoms with Gasteiger partial charge < -0.3 is 20.4 Å². The fourth-order valence-corrected chi connectivity index (χ4v) is 3.49. The molecule has 1 aliphatic carbocycles. The van der Waals surface area contributed by atoms with Gasteiger partial charge >= 0.3 is 6.03 Å². The summed E-state index contributed by atoms with van der Waals surface area (Å²) in [5.74, 6) is 0.108. The highest BCUT2D eigenvalue weighted by molar-refractivity contribution is 5.93. The summed E-state index contributed by atoms with van der Waals surface area (Å²) in [5.41, 5.74) is 1.28. The molecule has 0 heterocycles. The Kier molecular flexibility index (Phi) is 6.28. The molecule has 1 saturated carbocycles. The van der Waals surface area contributed by atoms with E-state index >= 15 is 0 Å². The van der Waals surface area contributed by atoms with Crippen molar-refractivity contribution in [1.29, 1.82) is 0 Å². The molecular formula is C19H30N4O2. The molecule has 1 aromatic rings. The molecule has 0 atom stereocenters. The molecule has 0 aromatic heterocycles. The van der Waals surface area contributed by atoms with Crippen LogP contribution in [0.3, 0.4) is 0 Å². The first-order valence-electron chi connectivity index (χ1n) is 8.96. The van der Waals surface area contributed by atoms with Crippen molar-refractivity contribution in [2.24, 2.45) is 5.41 Å². The number of hydrogen-bond acceptors (Lipinski definition) is 3. The van der Waals surface area contributed by atoms with Gasteiger partial charge in [0.2, 0.25) is 5.91 Å². The number of nitrogens with zero attached hydrogens (tertiary/aromatic N) is 2. The lowest BCUT2D eigenvalue weighted by atomic mass is 9.84. The molecule has 1 fully saturated rings. The van der Waals surface area contributed by atoms with Gasteiger partial charge in [0.1, 0.15) is 0 Å². The first-order valence-corrected chi connectivity index (χ1v) is 8.96. The van der Waals surface area contributed by atoms with Crippen LogP contribution in [0.1, 0.15) is 32.6 Å². The third-order valence-corrected chi connectivity index (χ3v) is 5.05. The summed E-state index contributed by atoms with van der Waals surface area (Å²) in [7, 11) is 5.54. The van der Waals surface area contributed by atoms with E-state index in [9.17, 15) is 9.59 Å². The Morgan fingerprint density at radius 1 is 1.12 bits per heavy atom. The van der Waals surface area contributed by atoms with Crippen molar-refractivity contribution in [1.82, 2.24) is 10.2 Å². The Morgan fingerprint density at radius 2 is 1.76 bits per heavy atom. The van der Waals surface area contributed by atoms with E-state index < -0.39 is 5.41 Å². The average Bonchev–Trinajstić information content (AvgIpc) is 3.09. The first-order chi connectivity index (χ1) is 11.9. The Balaban J connectivity index is 2.02. The van der Waals surface area contributed by atoms with Crippen LogP contribution in [-0.4, -0.2) is 51.1 Å². The quantitative estimate of drug-likeness (QED) is 0.832. The maximum atomic E-state index is 12.6. The van der Waals surface area contributed by atoms with E-state index in [4.69, 9.17) is 0 Å². The summed E-state index contributed by atoms with van der Waals surface area (Å²) < 4.78 is 0. The summed E-state index contributed by atoms with van der Waals surface area (Å²) >= 11 is 0. The predicted octanol–water partition coefficient (Wildman–Crippen LogP) is 2.91. The van der Waals surface area contributed by atoms with E-state index in [2.05, 4.69) is 22.5 Å². The van der Waals surface area contributed by atoms with Crippen molar-refractivity contribution in [3.05, 3.63) is 24.3 Å². The molecule has 0 radical (unpaired) electrons. The minimum atomic E-state index is -0.458. The molecule has 1 aromatic carbocycles. The highest BCUT2D eigenvalue weighted by Crippen LogP contribution is 2.39. The van der Waals surface area contributed by atoms with Crippen LogP contribution in [0.15, 0.2) is 24.3 Å². The van der Waals surface area contributed by atoms with Gasteiger partial charge in [0, 0.05) is 34.2 Å². The van der Waals surface area contributed by atoms with Gasteiger partial charge in [-0.1, -0.05) is 25.0 Å². The van der Waals surface area contributed by atoms with Crippen molar-refractivity contribution < 1.29 is 9.59 Å². The van der Waals surface area contributed by atoms with Crippen molar-refractivity contribution in [2.75, 3.05) is 44.4 Å². The number of anilines is 2. The molecule has 1 aliphatic rings. The largest absolute Gasteiger partial charge is 0.373 e. The van der Waals surface area contributed by atoms with E-state index in [0.29, 0.717) is 6.54 Å². The molecule has 6 nitrogen and oxygen atoms in total. The number of urea groups is 1. The molecule has 0 saturated heterocycles. The number of hydrogen-bond donors (Lipinski definition) is 2. The van der Waals surface area contributed by atoms with Crippen molar-refractivity contribution >= 4 is 23.3 Å². The molecule has 0 aliphatic heterocycles. The third-order valence-electron chi connectivity index (χ3n) is 5.05. The molecular weight excluding hydrogens is 316 g/mol. The van der Waals surface area contributed by atoms with E-state index in [-0.39, 0.29) is 11.9 Å². The molecule has 2 N–H and O–H groups in total. The van der Waals surface area contributed by atoms with Gasteiger partial charge in [-0.25, -0.2) is 4.79 Å². The molecule has 138 valence electrons. The number of carbonyl (C=O) groups is 2. The van der Waals surface area contributed by atoms with Crippen LogP contribution in [0.2, 0.25) is 0 Å². The second kappa shape index (κ2) is 8.23. The van der Waals surface area contributed by atoms with Crippen molar-refractivity contribution in [2.45, 2.75) is 32.6 Å². The molecule has 25 heavy (non-hydrogen) atoms. The Hall–Kier alpha value is -2.24. The summed E-state index contributed by atoms with van der Waals surface area (Å²) in [4.78, 5) is 28.7. The lowest BCUT2D eigenvalue weighted by Crippen LogP contribution is -2.47. The van der Waals surface area contributed by atoms with Crippen LogP contribution in [0.5, 0.6) is 0 Å².